The molecule has 0 aromatic heterocycles. The summed E-state index contributed by atoms with van der Waals surface area (Å²) in [7, 11) is 0. The maximum Gasteiger partial charge on any atom is 0.0687 e. The molecule has 104 valence electrons. The van der Waals surface area contributed by atoms with Crippen LogP contribution in [0.15, 0.2) is 36.4 Å². The van der Waals surface area contributed by atoms with Gasteiger partial charge in [-0.15, -0.1) is 0 Å². The molecule has 0 fully saturated rings. The molecule has 0 saturated carbocycles. The summed E-state index contributed by atoms with van der Waals surface area (Å²) < 4.78 is 0. The number of hydrogen-bond donors (Lipinski definition) is 4. The molecular weight excluding hydrogens is 250 g/mol. The third kappa shape index (κ3) is 2.13. The lowest BCUT2D eigenvalue weighted by atomic mass is 9.93. The maximum absolute atomic E-state index is 9.52. The van der Waals surface area contributed by atoms with Crippen LogP contribution in [0.2, 0.25) is 0 Å². The summed E-state index contributed by atoms with van der Waals surface area (Å²) in [5.74, 6) is 0. The molecule has 0 bridgehead atoms. The molecule has 4 nitrogen and oxygen atoms in total. The molecule has 4 heteroatoms. The SMILES string of the molecule is NCc1c(-c2ccccc2CO)ccc2c1NCCN2. The lowest BCUT2D eigenvalue weighted by molar-refractivity contribution is 0.282. The summed E-state index contributed by atoms with van der Waals surface area (Å²) in [4.78, 5) is 0. The van der Waals surface area contributed by atoms with Crippen LogP contribution in [0.3, 0.4) is 0 Å². The van der Waals surface area contributed by atoms with E-state index in [0.29, 0.717) is 6.54 Å². The fourth-order valence-corrected chi connectivity index (χ4v) is 2.77. The van der Waals surface area contributed by atoms with Crippen molar-refractivity contribution in [1.82, 2.24) is 0 Å². The van der Waals surface area contributed by atoms with E-state index in [9.17, 15) is 5.11 Å². The number of hydrogen-bond acceptors (Lipinski definition) is 4. The number of aliphatic hydroxyl groups is 1. The fraction of sp³-hybridized carbons (Fsp3) is 0.250. The second kappa shape index (κ2) is 5.53. The summed E-state index contributed by atoms with van der Waals surface area (Å²) in [6.07, 6.45) is 0. The highest BCUT2D eigenvalue weighted by Crippen LogP contribution is 2.37. The monoisotopic (exact) mass is 269 g/mol. The average molecular weight is 269 g/mol. The summed E-state index contributed by atoms with van der Waals surface area (Å²) >= 11 is 0. The van der Waals surface area contributed by atoms with Gasteiger partial charge in [0.2, 0.25) is 0 Å². The van der Waals surface area contributed by atoms with Crippen molar-refractivity contribution in [2.45, 2.75) is 13.2 Å². The summed E-state index contributed by atoms with van der Waals surface area (Å²) in [6.45, 7) is 2.31. The second-order valence-electron chi connectivity index (χ2n) is 4.89. The van der Waals surface area contributed by atoms with Gasteiger partial charge >= 0.3 is 0 Å². The highest BCUT2D eigenvalue weighted by Gasteiger charge is 2.17. The molecule has 0 amide bonds. The number of fused-ring (bicyclic) bond motifs is 1. The van der Waals surface area contributed by atoms with Gasteiger partial charge in [0.1, 0.15) is 0 Å². The third-order valence-electron chi connectivity index (χ3n) is 3.74. The van der Waals surface area contributed by atoms with Crippen molar-refractivity contribution in [3.63, 3.8) is 0 Å². The molecule has 0 atom stereocenters. The van der Waals surface area contributed by atoms with Crippen LogP contribution in [0, 0.1) is 0 Å². The predicted octanol–water partition coefficient (Wildman–Crippen LogP) is 2.14. The van der Waals surface area contributed by atoms with Crippen LogP contribution in [0.1, 0.15) is 11.1 Å². The van der Waals surface area contributed by atoms with Gasteiger partial charge in [0.15, 0.2) is 0 Å². The highest BCUT2D eigenvalue weighted by molar-refractivity contribution is 5.84. The van der Waals surface area contributed by atoms with Gasteiger partial charge in [0.25, 0.3) is 0 Å². The molecule has 2 aromatic rings. The highest BCUT2D eigenvalue weighted by atomic mass is 16.3. The normalized spacial score (nSPS) is 13.3. The van der Waals surface area contributed by atoms with Gasteiger partial charge in [-0.3, -0.25) is 0 Å². The standard InChI is InChI=1S/C16H19N3O/c17-9-14-13(12-4-2-1-3-11(12)10-20)5-6-15-16(14)19-8-7-18-15/h1-6,18-20H,7-10,17H2. The first-order valence-electron chi connectivity index (χ1n) is 6.88. The molecular formula is C16H19N3O. The Bertz CT molecular complexity index is 625. The Morgan fingerprint density at radius 1 is 1.00 bits per heavy atom. The summed E-state index contributed by atoms with van der Waals surface area (Å²) in [6, 6.07) is 12.1. The van der Waals surface area contributed by atoms with Gasteiger partial charge < -0.3 is 21.5 Å². The Kier molecular flexibility index (Phi) is 3.58. The van der Waals surface area contributed by atoms with Crippen LogP contribution in [0.5, 0.6) is 0 Å². The zero-order valence-electron chi connectivity index (χ0n) is 11.3. The number of nitrogens with two attached hydrogens (primary N) is 1. The molecule has 5 N–H and O–H groups in total. The molecule has 20 heavy (non-hydrogen) atoms. The quantitative estimate of drug-likeness (QED) is 0.689. The van der Waals surface area contributed by atoms with Crippen LogP contribution in [0.25, 0.3) is 11.1 Å². The van der Waals surface area contributed by atoms with Crippen molar-refractivity contribution in [2.75, 3.05) is 23.7 Å². The number of anilines is 2. The molecule has 1 heterocycles. The van der Waals surface area contributed by atoms with Crippen LogP contribution < -0.4 is 16.4 Å². The number of nitrogens with one attached hydrogen (secondary N) is 2. The molecule has 1 aliphatic rings. The molecule has 0 spiro atoms. The Hall–Kier alpha value is -2.04. The fourth-order valence-electron chi connectivity index (χ4n) is 2.77. The zero-order chi connectivity index (χ0) is 13.9. The van der Waals surface area contributed by atoms with E-state index in [1.54, 1.807) is 0 Å². The van der Waals surface area contributed by atoms with E-state index in [2.05, 4.69) is 22.8 Å². The largest absolute Gasteiger partial charge is 0.392 e. The van der Waals surface area contributed by atoms with Crippen LogP contribution in [0.4, 0.5) is 11.4 Å². The van der Waals surface area contributed by atoms with Gasteiger partial charge in [-0.25, -0.2) is 0 Å². The minimum absolute atomic E-state index is 0.0307. The third-order valence-corrected chi connectivity index (χ3v) is 3.74. The van der Waals surface area contributed by atoms with Crippen LogP contribution in [-0.4, -0.2) is 18.2 Å². The number of rotatable bonds is 3. The van der Waals surface area contributed by atoms with Crippen molar-refractivity contribution in [3.05, 3.63) is 47.5 Å². The van der Waals surface area contributed by atoms with E-state index in [1.807, 2.05) is 24.3 Å². The lowest BCUT2D eigenvalue weighted by Gasteiger charge is -2.25. The van der Waals surface area contributed by atoms with Gasteiger partial charge in [-0.1, -0.05) is 30.3 Å². The Balaban J connectivity index is 2.18. The number of benzene rings is 2. The molecule has 0 radical (unpaired) electrons. The van der Waals surface area contributed by atoms with Crippen molar-refractivity contribution in [2.24, 2.45) is 5.73 Å². The number of aliphatic hydroxyl groups excluding tert-OH is 1. The summed E-state index contributed by atoms with van der Waals surface area (Å²) in [5.41, 5.74) is 12.3. The first-order valence-corrected chi connectivity index (χ1v) is 6.88. The van der Waals surface area contributed by atoms with E-state index in [1.165, 1.54) is 0 Å². The van der Waals surface area contributed by atoms with E-state index in [0.717, 1.165) is 46.7 Å². The van der Waals surface area contributed by atoms with Crippen molar-refractivity contribution in [1.29, 1.82) is 0 Å². The molecule has 0 aliphatic carbocycles. The van der Waals surface area contributed by atoms with Gasteiger partial charge in [0, 0.05) is 19.6 Å². The van der Waals surface area contributed by atoms with Crippen molar-refractivity contribution >= 4 is 11.4 Å². The molecule has 1 aliphatic heterocycles. The minimum Gasteiger partial charge on any atom is -0.392 e. The van der Waals surface area contributed by atoms with Crippen molar-refractivity contribution in [3.8, 4) is 11.1 Å². The van der Waals surface area contributed by atoms with E-state index >= 15 is 0 Å². The van der Waals surface area contributed by atoms with Gasteiger partial charge in [-0.05, 0) is 28.3 Å². The predicted molar refractivity (Wildman–Crippen MR) is 82.7 cm³/mol. The van der Waals surface area contributed by atoms with E-state index in [-0.39, 0.29) is 6.61 Å². The Morgan fingerprint density at radius 2 is 1.80 bits per heavy atom. The Morgan fingerprint density at radius 3 is 2.60 bits per heavy atom. The lowest BCUT2D eigenvalue weighted by Crippen LogP contribution is -2.22. The Labute approximate surface area is 118 Å². The molecule has 0 saturated heterocycles. The second-order valence-corrected chi connectivity index (χ2v) is 4.89. The molecule has 3 rings (SSSR count). The van der Waals surface area contributed by atoms with Crippen molar-refractivity contribution < 1.29 is 5.11 Å². The maximum atomic E-state index is 9.52. The smallest absolute Gasteiger partial charge is 0.0687 e. The minimum atomic E-state index is 0.0307. The van der Waals surface area contributed by atoms with Crippen LogP contribution in [-0.2, 0) is 13.2 Å². The zero-order valence-corrected chi connectivity index (χ0v) is 11.3. The first-order chi connectivity index (χ1) is 9.85. The van der Waals surface area contributed by atoms with E-state index < -0.39 is 0 Å². The van der Waals surface area contributed by atoms with E-state index in [4.69, 9.17) is 5.73 Å². The first kappa shape index (κ1) is 13.0. The average Bonchev–Trinajstić information content (AvgIpc) is 2.53. The van der Waals surface area contributed by atoms with Crippen LogP contribution >= 0.6 is 0 Å². The van der Waals surface area contributed by atoms with Gasteiger partial charge in [-0.2, -0.15) is 0 Å². The molecule has 0 unspecified atom stereocenters. The van der Waals surface area contributed by atoms with Gasteiger partial charge in [0.05, 0.1) is 18.0 Å². The summed E-state index contributed by atoms with van der Waals surface area (Å²) in [5, 5.41) is 16.3. The molecule has 2 aromatic carbocycles. The topological polar surface area (TPSA) is 70.3 Å².